The van der Waals surface area contributed by atoms with Crippen molar-refractivity contribution in [2.24, 2.45) is 10.9 Å². The Labute approximate surface area is 235 Å². The number of carbonyl (C=O) groups is 1. The van der Waals surface area contributed by atoms with Crippen molar-refractivity contribution in [1.29, 1.82) is 0 Å². The molecule has 1 aliphatic heterocycles. The van der Waals surface area contributed by atoms with Crippen LogP contribution in [0.3, 0.4) is 0 Å². The number of hydrogen-bond acceptors (Lipinski definition) is 8. The molecule has 218 valence electrons. The number of carbonyl (C=O) groups excluding carboxylic acids is 1. The fourth-order valence-electron chi connectivity index (χ4n) is 4.36. The van der Waals surface area contributed by atoms with Crippen molar-refractivity contribution < 1.29 is 27.1 Å². The fourth-order valence-corrected chi connectivity index (χ4v) is 4.36. The maximum absolute atomic E-state index is 14.7. The molecule has 9 nitrogen and oxygen atoms in total. The molecule has 1 amide bonds. The quantitative estimate of drug-likeness (QED) is 0.228. The molecule has 13 heteroatoms. The Kier molecular flexibility index (Phi) is 10.5. The van der Waals surface area contributed by atoms with Gasteiger partial charge in [-0.25, -0.2) is 19.3 Å². The maximum Gasteiger partial charge on any atom is 0.433 e. The molecular weight excluding hydrogens is 542 g/mol. The number of aromatic nitrogens is 4. The minimum absolute atomic E-state index is 0.0879. The lowest BCUT2D eigenvalue weighted by atomic mass is 10.0. The number of amides is 1. The summed E-state index contributed by atoms with van der Waals surface area (Å²) in [4.78, 5) is 32.0. The molecule has 2 N–H and O–H groups in total. The van der Waals surface area contributed by atoms with Crippen LogP contribution in [0.5, 0.6) is 11.8 Å². The van der Waals surface area contributed by atoms with Crippen molar-refractivity contribution in [3.8, 4) is 11.8 Å². The number of likely N-dealkylation sites (tertiary alicyclic amines) is 1. The summed E-state index contributed by atoms with van der Waals surface area (Å²) in [6, 6.07) is 3.83. The topological polar surface area (TPSA) is 119 Å². The SMILES string of the molecule is C=CC(=O)N1CCC(CCC)C1.CN=C(c1ccc(Oc2nccc(C(F)(F)F)n2)cc1F)c1c(C)ncnc1N. The average molecular weight is 574 g/mol. The third-order valence-corrected chi connectivity index (χ3v) is 6.32. The van der Waals surface area contributed by atoms with Gasteiger partial charge in [-0.2, -0.15) is 18.2 Å². The van der Waals surface area contributed by atoms with Crippen molar-refractivity contribution >= 4 is 17.4 Å². The van der Waals surface area contributed by atoms with Crippen LogP contribution in [-0.2, 0) is 11.0 Å². The average Bonchev–Trinajstić information content (AvgIpc) is 3.40. The van der Waals surface area contributed by atoms with Crippen LogP contribution in [0, 0.1) is 18.7 Å². The van der Waals surface area contributed by atoms with Gasteiger partial charge in [0.15, 0.2) is 5.69 Å². The molecule has 1 saturated heterocycles. The molecule has 3 aromatic rings. The number of ether oxygens (including phenoxy) is 1. The van der Waals surface area contributed by atoms with Gasteiger partial charge in [-0.1, -0.05) is 19.9 Å². The van der Waals surface area contributed by atoms with E-state index in [-0.39, 0.29) is 28.7 Å². The summed E-state index contributed by atoms with van der Waals surface area (Å²) in [7, 11) is 1.46. The van der Waals surface area contributed by atoms with Gasteiger partial charge in [-0.05, 0) is 50.0 Å². The number of benzene rings is 1. The molecule has 1 atom stereocenters. The lowest BCUT2D eigenvalue weighted by molar-refractivity contribution is -0.141. The number of nitrogen functional groups attached to an aromatic ring is 1. The van der Waals surface area contributed by atoms with E-state index in [1.54, 1.807) is 6.92 Å². The summed E-state index contributed by atoms with van der Waals surface area (Å²) in [5.74, 6) is 0.135. The number of aliphatic imine (C=N–C) groups is 1. The van der Waals surface area contributed by atoms with E-state index in [4.69, 9.17) is 10.5 Å². The molecule has 41 heavy (non-hydrogen) atoms. The molecule has 0 spiro atoms. The van der Waals surface area contributed by atoms with Gasteiger partial charge in [0.1, 0.15) is 23.7 Å². The number of rotatable bonds is 7. The standard InChI is InChI=1S/C18H14F4N6O.C10H17NO/c1-9-14(16(23)27-8-26-9)15(24-2)11-4-3-10(7-12(11)19)29-17-25-6-5-13(28-17)18(20,21)22;1-3-5-9-6-7-11(8-9)10(12)4-2/h3-8H,1-2H3,(H2,23,26,27);4,9H,2-3,5-8H2,1H3. The highest BCUT2D eigenvalue weighted by Crippen LogP contribution is 2.30. The van der Waals surface area contributed by atoms with E-state index in [2.05, 4.69) is 38.4 Å². The molecule has 4 rings (SSSR count). The molecule has 1 aliphatic rings. The zero-order valence-corrected chi connectivity index (χ0v) is 23.0. The van der Waals surface area contributed by atoms with Gasteiger partial charge in [0, 0.05) is 38.0 Å². The van der Waals surface area contributed by atoms with Crippen LogP contribution in [0.1, 0.15) is 48.7 Å². The molecule has 0 bridgehead atoms. The van der Waals surface area contributed by atoms with Gasteiger partial charge in [0.2, 0.25) is 5.91 Å². The first-order chi connectivity index (χ1) is 19.5. The number of halogens is 4. The van der Waals surface area contributed by atoms with Crippen molar-refractivity contribution in [2.75, 3.05) is 25.9 Å². The zero-order chi connectivity index (χ0) is 30.2. The smallest absolute Gasteiger partial charge is 0.424 e. The van der Waals surface area contributed by atoms with Gasteiger partial charge < -0.3 is 15.4 Å². The molecule has 0 aliphatic carbocycles. The lowest BCUT2D eigenvalue weighted by Crippen LogP contribution is -2.26. The predicted molar refractivity (Wildman–Crippen MR) is 146 cm³/mol. The third-order valence-electron chi connectivity index (χ3n) is 6.32. The van der Waals surface area contributed by atoms with Gasteiger partial charge in [-0.15, -0.1) is 0 Å². The van der Waals surface area contributed by atoms with Gasteiger partial charge in [0.05, 0.1) is 17.0 Å². The molecule has 1 fully saturated rings. The molecule has 1 aromatic carbocycles. The van der Waals surface area contributed by atoms with Crippen molar-refractivity contribution in [3.05, 3.63) is 77.8 Å². The van der Waals surface area contributed by atoms with E-state index in [0.29, 0.717) is 17.3 Å². The fraction of sp³-hybridized carbons (Fsp3) is 0.357. The Bertz CT molecular complexity index is 1390. The normalized spacial score (nSPS) is 15.2. The number of hydrogen-bond donors (Lipinski definition) is 1. The highest BCUT2D eigenvalue weighted by atomic mass is 19.4. The van der Waals surface area contributed by atoms with Crippen molar-refractivity contribution in [3.63, 3.8) is 0 Å². The first kappa shape index (κ1) is 31.1. The monoisotopic (exact) mass is 573 g/mol. The van der Waals surface area contributed by atoms with Gasteiger partial charge in [-0.3, -0.25) is 9.79 Å². The third kappa shape index (κ3) is 8.05. The second kappa shape index (κ2) is 13.8. The Hall–Kier alpha value is -4.42. The van der Waals surface area contributed by atoms with Gasteiger partial charge in [0.25, 0.3) is 0 Å². The van der Waals surface area contributed by atoms with Crippen LogP contribution >= 0.6 is 0 Å². The summed E-state index contributed by atoms with van der Waals surface area (Å²) < 4.78 is 58.1. The summed E-state index contributed by atoms with van der Waals surface area (Å²) in [6.45, 7) is 9.23. The van der Waals surface area contributed by atoms with E-state index < -0.39 is 23.7 Å². The summed E-state index contributed by atoms with van der Waals surface area (Å²) in [5, 5.41) is 0. The second-order valence-electron chi connectivity index (χ2n) is 9.19. The molecule has 1 unspecified atom stereocenters. The van der Waals surface area contributed by atoms with E-state index >= 15 is 0 Å². The highest BCUT2D eigenvalue weighted by molar-refractivity contribution is 6.16. The first-order valence-corrected chi connectivity index (χ1v) is 12.8. The second-order valence-corrected chi connectivity index (χ2v) is 9.19. The highest BCUT2D eigenvalue weighted by Gasteiger charge is 2.33. The first-order valence-electron chi connectivity index (χ1n) is 12.8. The summed E-state index contributed by atoms with van der Waals surface area (Å²) in [6.07, 6.45) is 2.59. The van der Waals surface area contributed by atoms with Crippen LogP contribution in [0.4, 0.5) is 23.4 Å². The van der Waals surface area contributed by atoms with Crippen LogP contribution in [0.2, 0.25) is 0 Å². The van der Waals surface area contributed by atoms with Crippen LogP contribution < -0.4 is 10.5 Å². The van der Waals surface area contributed by atoms with Crippen molar-refractivity contribution in [2.45, 2.75) is 39.3 Å². The Morgan fingerprint density at radius 3 is 2.63 bits per heavy atom. The summed E-state index contributed by atoms with van der Waals surface area (Å²) in [5.41, 5.74) is 5.91. The number of alkyl halides is 3. The molecule has 3 heterocycles. The maximum atomic E-state index is 14.7. The van der Waals surface area contributed by atoms with E-state index in [1.807, 2.05) is 4.90 Å². The zero-order valence-electron chi connectivity index (χ0n) is 23.0. The van der Waals surface area contributed by atoms with Gasteiger partial charge >= 0.3 is 12.2 Å². The number of aryl methyl sites for hydroxylation is 1. The number of nitrogens with two attached hydrogens (primary N) is 1. The molecular formula is C28H31F4N7O2. The Balaban J connectivity index is 0.000000322. The molecule has 0 radical (unpaired) electrons. The number of anilines is 1. The Morgan fingerprint density at radius 1 is 1.27 bits per heavy atom. The van der Waals surface area contributed by atoms with E-state index in [1.165, 1.54) is 50.8 Å². The van der Waals surface area contributed by atoms with E-state index in [9.17, 15) is 22.4 Å². The van der Waals surface area contributed by atoms with Crippen LogP contribution in [0.15, 0.2) is 54.4 Å². The minimum atomic E-state index is -4.65. The van der Waals surface area contributed by atoms with E-state index in [0.717, 1.165) is 31.3 Å². The Morgan fingerprint density at radius 2 is 2.02 bits per heavy atom. The van der Waals surface area contributed by atoms with Crippen LogP contribution in [0.25, 0.3) is 0 Å². The summed E-state index contributed by atoms with van der Waals surface area (Å²) >= 11 is 0. The number of nitrogens with zero attached hydrogens (tertiary/aromatic N) is 6. The van der Waals surface area contributed by atoms with Crippen LogP contribution in [-0.4, -0.2) is 56.6 Å². The molecule has 2 aromatic heterocycles. The van der Waals surface area contributed by atoms with Crippen molar-refractivity contribution in [1.82, 2.24) is 24.8 Å². The molecule has 0 saturated carbocycles. The lowest BCUT2D eigenvalue weighted by Gasteiger charge is -2.13. The predicted octanol–water partition coefficient (Wildman–Crippen LogP) is 5.40. The minimum Gasteiger partial charge on any atom is -0.424 e. The largest absolute Gasteiger partial charge is 0.433 e.